The van der Waals surface area contributed by atoms with E-state index in [1.807, 2.05) is 0 Å². The molecule has 0 radical (unpaired) electrons. The van der Waals surface area contributed by atoms with Crippen LogP contribution in [-0.2, 0) is 0 Å². The van der Waals surface area contributed by atoms with E-state index in [0.717, 1.165) is 31.2 Å². The predicted molar refractivity (Wildman–Crippen MR) is 97.3 cm³/mol. The van der Waals surface area contributed by atoms with E-state index < -0.39 is 35.6 Å². The Morgan fingerprint density at radius 2 is 1.90 bits per heavy atom. The fraction of sp³-hybridized carbons (Fsp3) is 0.300. The Kier molecular flexibility index (Phi) is 5.90. The molecule has 1 unspecified atom stereocenters. The van der Waals surface area contributed by atoms with Gasteiger partial charge in [-0.2, -0.15) is 18.4 Å². The normalized spacial score (nSPS) is 15.3. The molecule has 30 heavy (non-hydrogen) atoms. The molecule has 0 aromatic heterocycles. The minimum absolute atomic E-state index is 0.0929. The van der Waals surface area contributed by atoms with Gasteiger partial charge in [0.05, 0.1) is 10.6 Å². The summed E-state index contributed by atoms with van der Waals surface area (Å²) in [6.07, 6.45) is -6.88. The van der Waals surface area contributed by atoms with Crippen molar-refractivity contribution in [2.24, 2.45) is 0 Å². The predicted octanol–water partition coefficient (Wildman–Crippen LogP) is 5.06. The Morgan fingerprint density at radius 1 is 1.23 bits per heavy atom. The first-order valence-corrected chi connectivity index (χ1v) is 9.11. The molecular formula is C20H14ClF5N2O2. The van der Waals surface area contributed by atoms with E-state index in [0.29, 0.717) is 5.56 Å². The molecule has 0 bridgehead atoms. The molecule has 1 aliphatic heterocycles. The summed E-state index contributed by atoms with van der Waals surface area (Å²) in [7, 11) is 0. The number of alkyl halides is 3. The highest BCUT2D eigenvalue weighted by molar-refractivity contribution is 6.35. The van der Waals surface area contributed by atoms with Gasteiger partial charge in [-0.1, -0.05) is 17.7 Å². The van der Waals surface area contributed by atoms with Crippen LogP contribution >= 0.6 is 11.6 Å². The molecule has 0 aliphatic carbocycles. The van der Waals surface area contributed by atoms with Crippen molar-refractivity contribution in [3.63, 3.8) is 0 Å². The van der Waals surface area contributed by atoms with Gasteiger partial charge in [0.2, 0.25) is 0 Å². The summed E-state index contributed by atoms with van der Waals surface area (Å²) in [5.74, 6) is -3.41. The third-order valence-corrected chi connectivity index (χ3v) is 5.18. The Balaban J connectivity index is 1.84. The lowest BCUT2D eigenvalue weighted by Crippen LogP contribution is -2.48. The number of likely N-dealkylation sites (tertiary alicyclic amines) is 1. The summed E-state index contributed by atoms with van der Waals surface area (Å²) >= 11 is 6.10. The molecule has 3 rings (SSSR count). The monoisotopic (exact) mass is 444 g/mol. The second-order valence-electron chi connectivity index (χ2n) is 6.79. The van der Waals surface area contributed by atoms with Gasteiger partial charge in [-0.25, -0.2) is 8.78 Å². The van der Waals surface area contributed by atoms with Crippen molar-refractivity contribution < 1.29 is 31.5 Å². The number of carbonyl (C=O) groups excluding carboxylic acids is 1. The fourth-order valence-electron chi connectivity index (χ4n) is 2.98. The summed E-state index contributed by atoms with van der Waals surface area (Å²) in [5, 5.41) is 8.82. The zero-order valence-electron chi connectivity index (χ0n) is 15.4. The molecule has 1 heterocycles. The third kappa shape index (κ3) is 4.19. The quantitative estimate of drug-likeness (QED) is 0.619. The molecule has 2 aromatic carbocycles. The van der Waals surface area contributed by atoms with E-state index in [1.54, 1.807) is 6.07 Å². The van der Waals surface area contributed by atoms with Crippen molar-refractivity contribution in [3.8, 4) is 11.8 Å². The zero-order valence-corrected chi connectivity index (χ0v) is 16.2. The van der Waals surface area contributed by atoms with Crippen LogP contribution in [0.15, 0.2) is 30.3 Å². The molecule has 1 amide bonds. The number of rotatable bonds is 4. The summed E-state index contributed by atoms with van der Waals surface area (Å²) in [6, 6.07) is 7.43. The Hall–Kier alpha value is -2.86. The molecule has 0 N–H and O–H groups in total. The van der Waals surface area contributed by atoms with Crippen LogP contribution in [0.4, 0.5) is 22.0 Å². The van der Waals surface area contributed by atoms with Gasteiger partial charge in [-0.3, -0.25) is 4.79 Å². The lowest BCUT2D eigenvalue weighted by Gasteiger charge is -2.40. The number of benzene rings is 2. The maximum atomic E-state index is 13.4. The Labute approximate surface area is 173 Å². The maximum Gasteiger partial charge on any atom is 0.425 e. The molecule has 10 heteroatoms. The molecule has 1 aliphatic rings. The number of amides is 1. The van der Waals surface area contributed by atoms with Crippen LogP contribution < -0.4 is 4.74 Å². The SMILES string of the molecule is CC(Oc1ccc(C#N)c(Cl)c1C(=O)N1CC(c2ccc(F)c(F)c2)C1)C(F)(F)F. The number of hydrogen-bond acceptors (Lipinski definition) is 3. The van der Waals surface area contributed by atoms with Gasteiger partial charge >= 0.3 is 6.18 Å². The summed E-state index contributed by atoms with van der Waals surface area (Å²) in [6.45, 7) is 1.01. The van der Waals surface area contributed by atoms with Crippen LogP contribution in [0.5, 0.6) is 5.75 Å². The van der Waals surface area contributed by atoms with Gasteiger partial charge in [0, 0.05) is 19.0 Å². The van der Waals surface area contributed by atoms with Gasteiger partial charge in [0.15, 0.2) is 17.7 Å². The molecule has 2 aromatic rings. The van der Waals surface area contributed by atoms with Crippen molar-refractivity contribution in [2.75, 3.05) is 13.1 Å². The first kappa shape index (κ1) is 21.8. The first-order chi connectivity index (χ1) is 14.0. The van der Waals surface area contributed by atoms with Crippen LogP contribution in [0, 0.1) is 23.0 Å². The second kappa shape index (κ2) is 8.11. The minimum Gasteiger partial charge on any atom is -0.480 e. The number of nitrogens with zero attached hydrogens (tertiary/aromatic N) is 2. The molecule has 1 saturated heterocycles. The summed E-state index contributed by atoms with van der Waals surface area (Å²) in [4.78, 5) is 14.2. The topological polar surface area (TPSA) is 53.3 Å². The summed E-state index contributed by atoms with van der Waals surface area (Å²) < 4.78 is 70.1. The molecule has 0 saturated carbocycles. The van der Waals surface area contributed by atoms with Crippen molar-refractivity contribution in [1.82, 2.24) is 4.90 Å². The van der Waals surface area contributed by atoms with E-state index in [4.69, 9.17) is 21.6 Å². The molecule has 1 atom stereocenters. The van der Waals surface area contributed by atoms with Crippen LogP contribution in [0.3, 0.4) is 0 Å². The van der Waals surface area contributed by atoms with Gasteiger partial charge in [0.25, 0.3) is 5.91 Å². The van der Waals surface area contributed by atoms with Crippen molar-refractivity contribution >= 4 is 17.5 Å². The van der Waals surface area contributed by atoms with Crippen LogP contribution in [0.25, 0.3) is 0 Å². The second-order valence-corrected chi connectivity index (χ2v) is 7.17. The Bertz CT molecular complexity index is 1030. The van der Waals surface area contributed by atoms with Crippen molar-refractivity contribution in [1.29, 1.82) is 5.26 Å². The molecule has 0 spiro atoms. The van der Waals surface area contributed by atoms with Crippen LogP contribution in [0.2, 0.25) is 5.02 Å². The highest BCUT2D eigenvalue weighted by Crippen LogP contribution is 2.37. The van der Waals surface area contributed by atoms with E-state index in [2.05, 4.69) is 0 Å². The highest BCUT2D eigenvalue weighted by Gasteiger charge is 2.40. The lowest BCUT2D eigenvalue weighted by atomic mass is 9.90. The van der Waals surface area contributed by atoms with E-state index >= 15 is 0 Å². The maximum absolute atomic E-state index is 13.4. The lowest BCUT2D eigenvalue weighted by molar-refractivity contribution is -0.189. The van der Waals surface area contributed by atoms with Crippen LogP contribution in [-0.4, -0.2) is 36.2 Å². The molecule has 4 nitrogen and oxygen atoms in total. The standard InChI is InChI=1S/C20H14ClF5N2O2/c1-10(20(24,25)26)30-16-5-3-12(7-27)18(21)17(16)19(29)28-8-13(9-28)11-2-4-14(22)15(23)6-11/h2-6,10,13H,8-9H2,1H3. The van der Waals surface area contributed by atoms with E-state index in [1.165, 1.54) is 11.0 Å². The average molecular weight is 445 g/mol. The van der Waals surface area contributed by atoms with Crippen molar-refractivity contribution in [2.45, 2.75) is 25.1 Å². The molecular weight excluding hydrogens is 431 g/mol. The largest absolute Gasteiger partial charge is 0.480 e. The van der Waals surface area contributed by atoms with Gasteiger partial charge in [-0.15, -0.1) is 0 Å². The number of nitriles is 1. The molecule has 158 valence electrons. The number of hydrogen-bond donors (Lipinski definition) is 0. The molecule has 1 fully saturated rings. The third-order valence-electron chi connectivity index (χ3n) is 4.79. The number of halogens is 6. The van der Waals surface area contributed by atoms with Crippen LogP contribution in [0.1, 0.15) is 34.3 Å². The van der Waals surface area contributed by atoms with Gasteiger partial charge in [0.1, 0.15) is 17.4 Å². The fourth-order valence-corrected chi connectivity index (χ4v) is 3.26. The number of carbonyl (C=O) groups is 1. The van der Waals surface area contributed by atoms with E-state index in [-0.39, 0.29) is 35.2 Å². The van der Waals surface area contributed by atoms with Gasteiger partial charge < -0.3 is 9.64 Å². The average Bonchev–Trinajstić information content (AvgIpc) is 2.62. The highest BCUT2D eigenvalue weighted by atomic mass is 35.5. The first-order valence-electron chi connectivity index (χ1n) is 8.73. The Morgan fingerprint density at radius 3 is 2.47 bits per heavy atom. The summed E-state index contributed by atoms with van der Waals surface area (Å²) in [5.41, 5.74) is 0.0391. The van der Waals surface area contributed by atoms with E-state index in [9.17, 15) is 26.7 Å². The zero-order chi connectivity index (χ0) is 22.2. The van der Waals surface area contributed by atoms with Crippen molar-refractivity contribution in [3.05, 3.63) is 63.7 Å². The number of ether oxygens (including phenoxy) is 1. The minimum atomic E-state index is -4.67. The van der Waals surface area contributed by atoms with Gasteiger partial charge in [-0.05, 0) is 36.8 Å². The smallest absolute Gasteiger partial charge is 0.425 e.